The van der Waals surface area contributed by atoms with E-state index < -0.39 is 0 Å². The minimum atomic E-state index is -0.260. The highest BCUT2D eigenvalue weighted by molar-refractivity contribution is 6.31. The zero-order valence-corrected chi connectivity index (χ0v) is 8.53. The summed E-state index contributed by atoms with van der Waals surface area (Å²) in [6.45, 7) is 4.11. The summed E-state index contributed by atoms with van der Waals surface area (Å²) in [7, 11) is 0. The summed E-state index contributed by atoms with van der Waals surface area (Å²) in [5.74, 6) is 0.153. The maximum Gasteiger partial charge on any atom is 0.327 e. The maximum absolute atomic E-state index is 11.2. The van der Waals surface area contributed by atoms with Gasteiger partial charge in [-0.25, -0.2) is 0 Å². The van der Waals surface area contributed by atoms with Crippen molar-refractivity contribution in [3.8, 4) is 0 Å². The Morgan fingerprint density at radius 1 is 1.71 bits per heavy atom. The summed E-state index contributed by atoms with van der Waals surface area (Å²) in [6, 6.07) is 0. The summed E-state index contributed by atoms with van der Waals surface area (Å²) < 4.78 is 0. The number of hydrogen-bond acceptors (Lipinski definition) is 1. The van der Waals surface area contributed by atoms with Crippen molar-refractivity contribution in [3.63, 3.8) is 0 Å². The van der Waals surface area contributed by atoms with Crippen LogP contribution < -0.4 is 0 Å². The first-order valence-electron chi connectivity index (χ1n) is 4.75. The van der Waals surface area contributed by atoms with E-state index in [0.717, 1.165) is 30.2 Å². The van der Waals surface area contributed by atoms with Crippen molar-refractivity contribution in [2.45, 2.75) is 26.7 Å². The van der Waals surface area contributed by atoms with Crippen molar-refractivity contribution in [1.82, 2.24) is 0 Å². The molecule has 0 aromatic carbocycles. The van der Waals surface area contributed by atoms with Crippen LogP contribution in [-0.4, -0.2) is 16.8 Å². The molecule has 0 radical (unpaired) electrons. The lowest BCUT2D eigenvalue weighted by Crippen LogP contribution is -2.08. The first-order chi connectivity index (χ1) is 6.65. The van der Waals surface area contributed by atoms with E-state index in [1.807, 2.05) is 6.92 Å². The number of ketones is 1. The molecule has 74 valence electrons. The molecule has 3 heteroatoms. The Morgan fingerprint density at radius 3 is 3.00 bits per heavy atom. The average molecular weight is 190 g/mol. The molecular formula is C11H14N2O. The molecule has 0 saturated heterocycles. The van der Waals surface area contributed by atoms with Gasteiger partial charge in [-0.15, -0.1) is 0 Å². The Hall–Kier alpha value is -1.47. The predicted octanol–water partition coefficient (Wildman–Crippen LogP) is 2.16. The van der Waals surface area contributed by atoms with Crippen LogP contribution in [-0.2, 0) is 4.79 Å². The van der Waals surface area contributed by atoms with Crippen LogP contribution in [0.2, 0.25) is 0 Å². The third-order valence-corrected chi connectivity index (χ3v) is 2.52. The van der Waals surface area contributed by atoms with Gasteiger partial charge in [0.2, 0.25) is 0 Å². The van der Waals surface area contributed by atoms with E-state index in [0.29, 0.717) is 5.92 Å². The number of hydrogen-bond donors (Lipinski definition) is 0. The normalized spacial score (nSPS) is 24.0. The molecule has 0 aromatic heterocycles. The van der Waals surface area contributed by atoms with Gasteiger partial charge in [-0.2, -0.15) is 4.79 Å². The molecular weight excluding hydrogens is 176 g/mol. The fraction of sp³-hybridized carbons (Fsp3) is 0.455. The van der Waals surface area contributed by atoms with E-state index in [4.69, 9.17) is 5.53 Å². The van der Waals surface area contributed by atoms with Crippen LogP contribution in [0.4, 0.5) is 0 Å². The molecule has 0 aliphatic heterocycles. The third kappa shape index (κ3) is 2.51. The molecule has 0 amide bonds. The van der Waals surface area contributed by atoms with Crippen molar-refractivity contribution in [3.05, 3.63) is 28.8 Å². The number of carbonyl (C=O) groups excluding carboxylic acids is 1. The van der Waals surface area contributed by atoms with Crippen LogP contribution in [0.15, 0.2) is 23.3 Å². The van der Waals surface area contributed by atoms with Gasteiger partial charge in [0, 0.05) is 0 Å². The number of rotatable bonds is 2. The molecule has 1 unspecified atom stereocenters. The van der Waals surface area contributed by atoms with E-state index in [-0.39, 0.29) is 5.78 Å². The molecule has 14 heavy (non-hydrogen) atoms. The van der Waals surface area contributed by atoms with Gasteiger partial charge in [0.15, 0.2) is 0 Å². The molecule has 1 aliphatic rings. The SMILES string of the molecule is CC1=CCCC(C)/C1=C/C(=O)C=[N+]=[N-]. The number of carbonyl (C=O) groups is 1. The van der Waals surface area contributed by atoms with Gasteiger partial charge < -0.3 is 5.53 Å². The highest BCUT2D eigenvalue weighted by Gasteiger charge is 2.15. The van der Waals surface area contributed by atoms with E-state index in [9.17, 15) is 4.79 Å². The van der Waals surface area contributed by atoms with E-state index >= 15 is 0 Å². The second kappa shape index (κ2) is 4.68. The van der Waals surface area contributed by atoms with Gasteiger partial charge >= 0.3 is 6.21 Å². The van der Waals surface area contributed by atoms with Gasteiger partial charge in [0.05, 0.1) is 0 Å². The van der Waals surface area contributed by atoms with Gasteiger partial charge in [0.25, 0.3) is 5.78 Å². The minimum absolute atomic E-state index is 0.260. The molecule has 0 bridgehead atoms. The summed E-state index contributed by atoms with van der Waals surface area (Å²) in [5.41, 5.74) is 10.4. The lowest BCUT2D eigenvalue weighted by molar-refractivity contribution is -0.112. The first kappa shape index (κ1) is 10.6. The number of allylic oxidation sites excluding steroid dienone is 4. The Morgan fingerprint density at radius 2 is 2.43 bits per heavy atom. The van der Waals surface area contributed by atoms with Crippen LogP contribution >= 0.6 is 0 Å². The monoisotopic (exact) mass is 190 g/mol. The molecule has 0 saturated carbocycles. The Bertz CT molecular complexity index is 346. The van der Waals surface area contributed by atoms with Crippen LogP contribution in [0, 0.1) is 5.92 Å². The molecule has 0 aromatic rings. The van der Waals surface area contributed by atoms with Crippen LogP contribution in [0.1, 0.15) is 26.7 Å². The molecule has 1 atom stereocenters. The smallest absolute Gasteiger partial charge is 0.327 e. The Labute approximate surface area is 83.7 Å². The topological polar surface area (TPSA) is 53.5 Å². The summed E-state index contributed by atoms with van der Waals surface area (Å²) >= 11 is 0. The van der Waals surface area contributed by atoms with Crippen molar-refractivity contribution < 1.29 is 9.58 Å². The summed E-state index contributed by atoms with van der Waals surface area (Å²) in [6.07, 6.45) is 6.76. The second-order valence-corrected chi connectivity index (χ2v) is 3.61. The van der Waals surface area contributed by atoms with E-state index in [2.05, 4.69) is 17.8 Å². The van der Waals surface area contributed by atoms with E-state index in [1.165, 1.54) is 0 Å². The molecule has 1 rings (SSSR count). The zero-order chi connectivity index (χ0) is 10.6. The third-order valence-electron chi connectivity index (χ3n) is 2.52. The van der Waals surface area contributed by atoms with Crippen LogP contribution in [0.25, 0.3) is 5.53 Å². The van der Waals surface area contributed by atoms with Crippen LogP contribution in [0.3, 0.4) is 0 Å². The van der Waals surface area contributed by atoms with Crippen LogP contribution in [0.5, 0.6) is 0 Å². The highest BCUT2D eigenvalue weighted by atomic mass is 16.1. The summed E-state index contributed by atoms with van der Waals surface area (Å²) in [4.78, 5) is 13.9. The second-order valence-electron chi connectivity index (χ2n) is 3.61. The highest BCUT2D eigenvalue weighted by Crippen LogP contribution is 2.28. The molecule has 3 nitrogen and oxygen atoms in total. The minimum Gasteiger partial charge on any atom is -0.361 e. The standard InChI is InChI=1S/C11H14N2O/c1-8-4-3-5-9(2)11(8)6-10(14)7-13-12/h4,6-7,9H,3,5H2,1-2H3/b11-6+. The van der Waals surface area contributed by atoms with Crippen molar-refractivity contribution in [1.29, 1.82) is 0 Å². The average Bonchev–Trinajstić information content (AvgIpc) is 2.12. The first-order valence-corrected chi connectivity index (χ1v) is 4.75. The lowest BCUT2D eigenvalue weighted by Gasteiger charge is -2.20. The predicted molar refractivity (Wildman–Crippen MR) is 54.9 cm³/mol. The Kier molecular flexibility index (Phi) is 3.55. The van der Waals surface area contributed by atoms with Gasteiger partial charge in [-0.05, 0) is 37.3 Å². The van der Waals surface area contributed by atoms with Crippen molar-refractivity contribution >= 4 is 12.0 Å². The largest absolute Gasteiger partial charge is 0.361 e. The zero-order valence-electron chi connectivity index (χ0n) is 8.53. The molecule has 0 fully saturated rings. The van der Waals surface area contributed by atoms with Gasteiger partial charge in [-0.3, -0.25) is 4.79 Å². The quantitative estimate of drug-likeness (QED) is 0.285. The fourth-order valence-electron chi connectivity index (χ4n) is 1.72. The Balaban J connectivity index is 2.93. The molecule has 0 N–H and O–H groups in total. The fourth-order valence-corrected chi connectivity index (χ4v) is 1.72. The van der Waals surface area contributed by atoms with Crippen molar-refractivity contribution in [2.75, 3.05) is 0 Å². The molecule has 1 aliphatic carbocycles. The van der Waals surface area contributed by atoms with Gasteiger partial charge in [-0.1, -0.05) is 18.6 Å². The molecule has 0 heterocycles. The van der Waals surface area contributed by atoms with E-state index in [1.54, 1.807) is 6.08 Å². The van der Waals surface area contributed by atoms with Crippen molar-refractivity contribution in [2.24, 2.45) is 5.92 Å². The number of nitrogens with zero attached hydrogens (tertiary/aromatic N) is 2. The maximum atomic E-state index is 11.2. The lowest BCUT2D eigenvalue weighted by atomic mass is 9.85. The van der Waals surface area contributed by atoms with Gasteiger partial charge in [0.1, 0.15) is 0 Å². The molecule has 0 spiro atoms. The summed E-state index contributed by atoms with van der Waals surface area (Å²) in [5, 5.41) is 0.